The van der Waals surface area contributed by atoms with E-state index in [4.69, 9.17) is 5.11 Å². The zero-order valence-electron chi connectivity index (χ0n) is 9.72. The highest BCUT2D eigenvalue weighted by Crippen LogP contribution is 2.05. The number of ether oxygens (including phenoxy) is 1. The fourth-order valence-electron chi connectivity index (χ4n) is 1.48. The van der Waals surface area contributed by atoms with E-state index in [9.17, 15) is 4.79 Å². The number of hydrogen-bond donors (Lipinski definition) is 1. The molecule has 1 N–H and O–H groups in total. The molecule has 0 fully saturated rings. The van der Waals surface area contributed by atoms with Crippen LogP contribution in [0.1, 0.15) is 5.69 Å². The Morgan fingerprint density at radius 1 is 1.62 bits per heavy atom. The third-order valence-electron chi connectivity index (χ3n) is 2.36. The Labute approximate surface area is 95.2 Å². The zero-order valence-corrected chi connectivity index (χ0v) is 9.72. The van der Waals surface area contributed by atoms with Crippen LogP contribution < -0.4 is 0 Å². The predicted molar refractivity (Wildman–Crippen MR) is 59.9 cm³/mol. The molecule has 1 rings (SSSR count). The fourth-order valence-corrected chi connectivity index (χ4v) is 1.48. The molecule has 0 aromatic carbocycles. The van der Waals surface area contributed by atoms with Crippen molar-refractivity contribution in [3.05, 3.63) is 24.0 Å². The molecular formula is C11H18N2O3. The maximum Gasteiger partial charge on any atom is 0.325 e. The predicted octanol–water partition coefficient (Wildman–Crippen LogP) is 0.0852. The van der Waals surface area contributed by atoms with Gasteiger partial charge in [-0.3, -0.25) is 9.69 Å². The van der Waals surface area contributed by atoms with Crippen LogP contribution in [-0.2, 0) is 22.6 Å². The summed E-state index contributed by atoms with van der Waals surface area (Å²) in [4.78, 5) is 13.1. The molecule has 1 aromatic rings. The normalized spacial score (nSPS) is 10.8. The maximum atomic E-state index is 11.1. The molecule has 0 spiro atoms. The van der Waals surface area contributed by atoms with E-state index in [1.807, 2.05) is 34.8 Å². The second-order valence-corrected chi connectivity index (χ2v) is 3.66. The van der Waals surface area contributed by atoms with Gasteiger partial charge in [-0.25, -0.2) is 0 Å². The van der Waals surface area contributed by atoms with Gasteiger partial charge < -0.3 is 14.4 Å². The fraction of sp³-hybridized carbons (Fsp3) is 0.545. The Bertz CT molecular complexity index is 336. The first kappa shape index (κ1) is 12.7. The monoisotopic (exact) mass is 226 g/mol. The van der Waals surface area contributed by atoms with Gasteiger partial charge in [-0.15, -0.1) is 0 Å². The van der Waals surface area contributed by atoms with Gasteiger partial charge in [-0.2, -0.15) is 0 Å². The molecule has 0 amide bonds. The number of carbonyl (C=O) groups is 1. The highest BCUT2D eigenvalue weighted by atomic mass is 16.5. The van der Waals surface area contributed by atoms with Crippen LogP contribution in [0.2, 0.25) is 0 Å². The summed E-state index contributed by atoms with van der Waals surface area (Å²) in [5.41, 5.74) is 1.03. The number of likely N-dealkylation sites (N-methyl/N-ethyl adjacent to an activating group) is 1. The van der Waals surface area contributed by atoms with Crippen molar-refractivity contribution in [3.8, 4) is 0 Å². The lowest BCUT2D eigenvalue weighted by atomic mass is 10.4. The van der Waals surface area contributed by atoms with Crippen molar-refractivity contribution in [2.24, 2.45) is 0 Å². The first-order chi connectivity index (χ1) is 7.67. The molecule has 0 atom stereocenters. The van der Waals surface area contributed by atoms with E-state index < -0.39 is 0 Å². The minimum absolute atomic E-state index is 0.133. The van der Waals surface area contributed by atoms with Gasteiger partial charge in [0, 0.05) is 25.0 Å². The molecule has 16 heavy (non-hydrogen) atoms. The zero-order chi connectivity index (χ0) is 12.0. The SMILES string of the molecule is COC(=O)Cn1cccc1CN(C)CCO. The lowest BCUT2D eigenvalue weighted by molar-refractivity contribution is -0.141. The average Bonchev–Trinajstić information content (AvgIpc) is 2.66. The van der Waals surface area contributed by atoms with Crippen molar-refractivity contribution in [1.82, 2.24) is 9.47 Å². The Morgan fingerprint density at radius 3 is 3.00 bits per heavy atom. The van der Waals surface area contributed by atoms with Crippen molar-refractivity contribution in [2.45, 2.75) is 13.1 Å². The third-order valence-corrected chi connectivity index (χ3v) is 2.36. The Morgan fingerprint density at radius 2 is 2.38 bits per heavy atom. The number of rotatable bonds is 6. The molecule has 0 saturated heterocycles. The Balaban J connectivity index is 2.59. The molecule has 1 aromatic heterocycles. The highest BCUT2D eigenvalue weighted by molar-refractivity contribution is 5.69. The summed E-state index contributed by atoms with van der Waals surface area (Å²) in [6.07, 6.45) is 1.85. The van der Waals surface area contributed by atoms with Gasteiger partial charge in [0.25, 0.3) is 0 Å². The number of aliphatic hydroxyl groups excluding tert-OH is 1. The largest absolute Gasteiger partial charge is 0.468 e. The lowest BCUT2D eigenvalue weighted by Gasteiger charge is -2.16. The van der Waals surface area contributed by atoms with Crippen molar-refractivity contribution in [1.29, 1.82) is 0 Å². The number of aromatic nitrogens is 1. The molecule has 0 aliphatic rings. The van der Waals surface area contributed by atoms with Crippen LogP contribution in [0.15, 0.2) is 18.3 Å². The molecule has 0 radical (unpaired) electrons. The van der Waals surface area contributed by atoms with Crippen LogP contribution in [0.3, 0.4) is 0 Å². The quantitative estimate of drug-likeness (QED) is 0.698. The molecule has 1 heterocycles. The number of esters is 1. The second kappa shape index (κ2) is 6.30. The molecular weight excluding hydrogens is 208 g/mol. The Kier molecular flexibility index (Phi) is 5.01. The summed E-state index contributed by atoms with van der Waals surface area (Å²) < 4.78 is 6.46. The lowest BCUT2D eigenvalue weighted by Crippen LogP contribution is -2.24. The van der Waals surface area contributed by atoms with Crippen molar-refractivity contribution >= 4 is 5.97 Å². The first-order valence-corrected chi connectivity index (χ1v) is 5.17. The van der Waals surface area contributed by atoms with Gasteiger partial charge in [0.05, 0.1) is 13.7 Å². The minimum atomic E-state index is -0.262. The van der Waals surface area contributed by atoms with Crippen LogP contribution in [-0.4, -0.2) is 47.9 Å². The second-order valence-electron chi connectivity index (χ2n) is 3.66. The number of aliphatic hydroxyl groups is 1. The van der Waals surface area contributed by atoms with Gasteiger partial charge in [-0.1, -0.05) is 0 Å². The van der Waals surface area contributed by atoms with E-state index in [-0.39, 0.29) is 19.1 Å². The first-order valence-electron chi connectivity index (χ1n) is 5.17. The molecule has 0 aliphatic carbocycles. The van der Waals surface area contributed by atoms with Gasteiger partial charge in [-0.05, 0) is 19.2 Å². The van der Waals surface area contributed by atoms with Crippen LogP contribution in [0.4, 0.5) is 0 Å². The van der Waals surface area contributed by atoms with Crippen molar-refractivity contribution in [2.75, 3.05) is 27.3 Å². The van der Waals surface area contributed by atoms with E-state index in [2.05, 4.69) is 4.74 Å². The van der Waals surface area contributed by atoms with Gasteiger partial charge >= 0.3 is 5.97 Å². The van der Waals surface area contributed by atoms with Gasteiger partial charge in [0.15, 0.2) is 0 Å². The highest BCUT2D eigenvalue weighted by Gasteiger charge is 2.07. The molecule has 5 nitrogen and oxygen atoms in total. The summed E-state index contributed by atoms with van der Waals surface area (Å²) in [5.74, 6) is -0.262. The maximum absolute atomic E-state index is 11.1. The smallest absolute Gasteiger partial charge is 0.325 e. The molecule has 0 unspecified atom stereocenters. The standard InChI is InChI=1S/C11H18N2O3/c1-12(6-7-14)8-10-4-3-5-13(10)9-11(15)16-2/h3-5,14H,6-9H2,1-2H3. The number of hydrogen-bond acceptors (Lipinski definition) is 4. The van der Waals surface area contributed by atoms with Crippen LogP contribution in [0, 0.1) is 0 Å². The van der Waals surface area contributed by atoms with E-state index in [0.717, 1.165) is 5.69 Å². The topological polar surface area (TPSA) is 54.7 Å². The van der Waals surface area contributed by atoms with E-state index in [1.165, 1.54) is 7.11 Å². The molecule has 0 saturated carbocycles. The number of methoxy groups -OCH3 is 1. The van der Waals surface area contributed by atoms with Crippen LogP contribution >= 0.6 is 0 Å². The van der Waals surface area contributed by atoms with Gasteiger partial charge in [0.2, 0.25) is 0 Å². The van der Waals surface area contributed by atoms with E-state index in [1.54, 1.807) is 0 Å². The average molecular weight is 226 g/mol. The summed E-state index contributed by atoms with van der Waals surface area (Å²) >= 11 is 0. The minimum Gasteiger partial charge on any atom is -0.468 e. The molecule has 5 heteroatoms. The summed E-state index contributed by atoms with van der Waals surface area (Å²) in [6.45, 7) is 1.67. The van der Waals surface area contributed by atoms with Gasteiger partial charge in [0.1, 0.15) is 6.54 Å². The summed E-state index contributed by atoms with van der Waals surface area (Å²) in [5, 5.41) is 8.80. The number of nitrogens with zero attached hydrogens (tertiary/aromatic N) is 2. The Hall–Kier alpha value is -1.33. The van der Waals surface area contributed by atoms with Crippen LogP contribution in [0.5, 0.6) is 0 Å². The van der Waals surface area contributed by atoms with E-state index >= 15 is 0 Å². The van der Waals surface area contributed by atoms with Crippen molar-refractivity contribution in [3.63, 3.8) is 0 Å². The number of carbonyl (C=O) groups excluding carboxylic acids is 1. The molecule has 90 valence electrons. The molecule has 0 bridgehead atoms. The summed E-state index contributed by atoms with van der Waals surface area (Å²) in [6, 6.07) is 3.85. The van der Waals surface area contributed by atoms with Crippen molar-refractivity contribution < 1.29 is 14.6 Å². The third kappa shape index (κ3) is 3.67. The van der Waals surface area contributed by atoms with Crippen LogP contribution in [0.25, 0.3) is 0 Å². The summed E-state index contributed by atoms with van der Waals surface area (Å²) in [7, 11) is 3.30. The molecule has 0 aliphatic heterocycles. The van der Waals surface area contributed by atoms with E-state index in [0.29, 0.717) is 13.1 Å².